The number of carbonyl (C=O) groups is 3. The number of benzene rings is 2. The number of nitrogens with zero attached hydrogens (tertiary/aromatic N) is 1. The molecule has 0 saturated carbocycles. The summed E-state index contributed by atoms with van der Waals surface area (Å²) in [6.07, 6.45) is 7.50. The summed E-state index contributed by atoms with van der Waals surface area (Å²) >= 11 is 0. The van der Waals surface area contributed by atoms with Crippen LogP contribution < -0.4 is 10.6 Å². The Hall–Kier alpha value is -3.61. The molecule has 2 N–H and O–H groups in total. The van der Waals surface area contributed by atoms with Gasteiger partial charge in [0.15, 0.2) is 0 Å². The minimum absolute atomic E-state index is 0.256. The highest BCUT2D eigenvalue weighted by atomic mass is 16.6. The van der Waals surface area contributed by atoms with Gasteiger partial charge in [-0.1, -0.05) is 100 Å². The Morgan fingerprint density at radius 2 is 1.56 bits per heavy atom. The van der Waals surface area contributed by atoms with Crippen molar-refractivity contribution in [2.45, 2.75) is 117 Å². The first-order valence-corrected chi connectivity index (χ1v) is 15.6. The van der Waals surface area contributed by atoms with Crippen LogP contribution in [0.3, 0.4) is 0 Å². The molecule has 236 valence electrons. The second-order valence-electron chi connectivity index (χ2n) is 13.2. The van der Waals surface area contributed by atoms with E-state index < -0.39 is 29.3 Å². The molecule has 3 amide bonds. The van der Waals surface area contributed by atoms with E-state index >= 15 is 0 Å². The minimum atomic E-state index is -0.940. The average Bonchev–Trinajstić information content (AvgIpc) is 2.92. The lowest BCUT2D eigenvalue weighted by molar-refractivity contribution is -0.143. The normalized spacial score (nSPS) is 13.0. The summed E-state index contributed by atoms with van der Waals surface area (Å²) in [5.74, 6) is -0.606. The molecular weight excluding hydrogens is 538 g/mol. The van der Waals surface area contributed by atoms with Gasteiger partial charge in [-0.2, -0.15) is 0 Å². The number of hydrogen-bond donors (Lipinski definition) is 2. The highest BCUT2D eigenvalue weighted by molar-refractivity contribution is 5.92. The summed E-state index contributed by atoms with van der Waals surface area (Å²) in [5, 5.41) is 5.94. The van der Waals surface area contributed by atoms with Gasteiger partial charge in [0.2, 0.25) is 11.8 Å². The molecule has 0 saturated heterocycles. The molecule has 0 aliphatic carbocycles. The molecule has 0 aromatic heterocycles. The molecule has 0 spiro atoms. The van der Waals surface area contributed by atoms with E-state index in [1.54, 1.807) is 31.7 Å². The monoisotopic (exact) mass is 591 g/mol. The molecule has 7 heteroatoms. The first-order chi connectivity index (χ1) is 20.2. The fourth-order valence-electron chi connectivity index (χ4n) is 4.90. The van der Waals surface area contributed by atoms with Crippen LogP contribution in [0.5, 0.6) is 0 Å². The van der Waals surface area contributed by atoms with Crippen molar-refractivity contribution in [1.29, 1.82) is 0 Å². The van der Waals surface area contributed by atoms with Gasteiger partial charge in [0.1, 0.15) is 17.7 Å². The maximum Gasteiger partial charge on any atom is 0.408 e. The van der Waals surface area contributed by atoms with Crippen molar-refractivity contribution < 1.29 is 19.1 Å². The van der Waals surface area contributed by atoms with Crippen molar-refractivity contribution in [1.82, 2.24) is 15.5 Å². The topological polar surface area (TPSA) is 87.7 Å². The fourth-order valence-corrected chi connectivity index (χ4v) is 4.90. The quantitative estimate of drug-likeness (QED) is 0.209. The van der Waals surface area contributed by atoms with E-state index in [1.807, 2.05) is 75.4 Å². The standard InChI is InChI=1S/C36H53N3O4/c1-9-11-12-13-14-18-24-39(31(32(40)38-35(3,4)5)29-23-19-22-27(10-2)25-29)33(41)30(26-28-20-16-15-17-21-28)37-34(42)43-36(6,7)8/h10,15-17,19-23,25,30-31H,2,9,11-14,18,24,26H2,1,3-8H3,(H,37,42)(H,38,40). The molecule has 2 aromatic rings. The smallest absolute Gasteiger partial charge is 0.408 e. The van der Waals surface area contributed by atoms with E-state index in [0.29, 0.717) is 12.1 Å². The van der Waals surface area contributed by atoms with Crippen LogP contribution in [-0.2, 0) is 20.7 Å². The summed E-state index contributed by atoms with van der Waals surface area (Å²) in [7, 11) is 0. The highest BCUT2D eigenvalue weighted by Gasteiger charge is 2.37. The molecule has 0 heterocycles. The molecule has 43 heavy (non-hydrogen) atoms. The Morgan fingerprint density at radius 3 is 2.16 bits per heavy atom. The van der Waals surface area contributed by atoms with Crippen molar-refractivity contribution in [2.24, 2.45) is 0 Å². The van der Waals surface area contributed by atoms with E-state index in [0.717, 1.165) is 43.2 Å². The predicted octanol–water partition coefficient (Wildman–Crippen LogP) is 7.61. The largest absolute Gasteiger partial charge is 0.444 e. The van der Waals surface area contributed by atoms with Crippen LogP contribution in [0.25, 0.3) is 6.08 Å². The maximum absolute atomic E-state index is 14.6. The Kier molecular flexibility index (Phi) is 14.0. The van der Waals surface area contributed by atoms with Crippen molar-refractivity contribution in [3.05, 3.63) is 77.9 Å². The number of unbranched alkanes of at least 4 members (excludes halogenated alkanes) is 5. The van der Waals surface area contributed by atoms with Crippen LogP contribution in [0, 0.1) is 0 Å². The third-order valence-electron chi connectivity index (χ3n) is 6.83. The lowest BCUT2D eigenvalue weighted by Crippen LogP contribution is -2.55. The molecule has 2 unspecified atom stereocenters. The van der Waals surface area contributed by atoms with Crippen molar-refractivity contribution in [2.75, 3.05) is 6.54 Å². The number of hydrogen-bond acceptors (Lipinski definition) is 4. The number of nitrogens with one attached hydrogen (secondary N) is 2. The molecule has 2 atom stereocenters. The zero-order chi connectivity index (χ0) is 32.0. The third-order valence-corrected chi connectivity index (χ3v) is 6.83. The first-order valence-electron chi connectivity index (χ1n) is 15.6. The van der Waals surface area contributed by atoms with Crippen LogP contribution in [0.2, 0.25) is 0 Å². The molecule has 2 rings (SSSR count). The number of carbonyl (C=O) groups excluding carboxylic acids is 3. The van der Waals surface area contributed by atoms with E-state index in [1.165, 1.54) is 6.42 Å². The zero-order valence-electron chi connectivity index (χ0n) is 27.4. The minimum Gasteiger partial charge on any atom is -0.444 e. The van der Waals surface area contributed by atoms with E-state index in [9.17, 15) is 14.4 Å². The Balaban J connectivity index is 2.57. The van der Waals surface area contributed by atoms with Crippen LogP contribution in [0.1, 0.15) is 110 Å². The molecule has 2 aromatic carbocycles. The molecule has 0 fully saturated rings. The first kappa shape index (κ1) is 35.6. The Bertz CT molecular complexity index is 1180. The van der Waals surface area contributed by atoms with Crippen LogP contribution >= 0.6 is 0 Å². The number of ether oxygens (including phenoxy) is 1. The Labute approximate surface area is 259 Å². The third kappa shape index (κ3) is 13.1. The van der Waals surface area contributed by atoms with Crippen LogP contribution in [-0.4, -0.2) is 46.5 Å². The van der Waals surface area contributed by atoms with Gasteiger partial charge >= 0.3 is 6.09 Å². The maximum atomic E-state index is 14.6. The van der Waals surface area contributed by atoms with Gasteiger partial charge in [0.05, 0.1) is 0 Å². The van der Waals surface area contributed by atoms with Gasteiger partial charge in [0, 0.05) is 18.5 Å². The average molecular weight is 592 g/mol. The molecule has 0 aliphatic heterocycles. The van der Waals surface area contributed by atoms with Crippen molar-refractivity contribution in [3.63, 3.8) is 0 Å². The molecule has 0 aliphatic rings. The van der Waals surface area contributed by atoms with Crippen LogP contribution in [0.4, 0.5) is 4.79 Å². The zero-order valence-corrected chi connectivity index (χ0v) is 27.4. The van der Waals surface area contributed by atoms with Gasteiger partial charge in [-0.15, -0.1) is 0 Å². The number of alkyl carbamates (subject to hydrolysis) is 1. The van der Waals surface area contributed by atoms with Crippen LogP contribution in [0.15, 0.2) is 61.2 Å². The molecule has 7 nitrogen and oxygen atoms in total. The van der Waals surface area contributed by atoms with Crippen molar-refractivity contribution >= 4 is 24.0 Å². The second-order valence-corrected chi connectivity index (χ2v) is 13.2. The lowest BCUT2D eigenvalue weighted by atomic mass is 9.97. The Morgan fingerprint density at radius 1 is 0.907 bits per heavy atom. The molecule has 0 radical (unpaired) electrons. The summed E-state index contributed by atoms with van der Waals surface area (Å²) in [6.45, 7) is 17.6. The SMILES string of the molecule is C=Cc1cccc(C(C(=O)NC(C)(C)C)N(CCCCCCCC)C(=O)C(Cc2ccccc2)NC(=O)OC(C)(C)C)c1. The van der Waals surface area contributed by atoms with Gasteiger partial charge in [-0.3, -0.25) is 9.59 Å². The lowest BCUT2D eigenvalue weighted by Gasteiger charge is -2.36. The van der Waals surface area contributed by atoms with E-state index in [4.69, 9.17) is 4.74 Å². The summed E-state index contributed by atoms with van der Waals surface area (Å²) < 4.78 is 5.55. The second kappa shape index (κ2) is 16.9. The predicted molar refractivity (Wildman–Crippen MR) is 176 cm³/mol. The van der Waals surface area contributed by atoms with Gasteiger partial charge in [-0.05, 0) is 70.7 Å². The van der Waals surface area contributed by atoms with Gasteiger partial charge < -0.3 is 20.3 Å². The fraction of sp³-hybridized carbons (Fsp3) is 0.528. The van der Waals surface area contributed by atoms with E-state index in [2.05, 4.69) is 24.1 Å². The molecule has 0 bridgehead atoms. The summed E-state index contributed by atoms with van der Waals surface area (Å²) in [6, 6.07) is 15.3. The van der Waals surface area contributed by atoms with Gasteiger partial charge in [0.25, 0.3) is 0 Å². The summed E-state index contributed by atoms with van der Waals surface area (Å²) in [4.78, 5) is 43.3. The van der Waals surface area contributed by atoms with Crippen molar-refractivity contribution in [3.8, 4) is 0 Å². The van der Waals surface area contributed by atoms with Gasteiger partial charge in [-0.25, -0.2) is 4.79 Å². The number of amides is 3. The number of rotatable bonds is 15. The molecular formula is C36H53N3O4. The highest BCUT2D eigenvalue weighted by Crippen LogP contribution is 2.26. The van der Waals surface area contributed by atoms with E-state index in [-0.39, 0.29) is 18.2 Å². The summed E-state index contributed by atoms with van der Waals surface area (Å²) in [5.41, 5.74) is 1.18.